The second-order valence-corrected chi connectivity index (χ2v) is 4.86. The predicted molar refractivity (Wildman–Crippen MR) is 77.9 cm³/mol. The number of hydrogen-bond donors (Lipinski definition) is 0. The first-order valence-corrected chi connectivity index (χ1v) is 6.78. The number of alkyl halides is 2. The van der Waals surface area contributed by atoms with Crippen LogP contribution in [0, 0.1) is 0 Å². The fourth-order valence-electron chi connectivity index (χ4n) is 1.92. The molecule has 0 atom stereocenters. The number of nitrogens with zero attached hydrogens (tertiary/aromatic N) is 2. The Balaban J connectivity index is 2.41. The Morgan fingerprint density at radius 1 is 1.18 bits per heavy atom. The van der Waals surface area contributed by atoms with Crippen molar-refractivity contribution in [1.29, 1.82) is 0 Å². The van der Waals surface area contributed by atoms with Gasteiger partial charge in [0.25, 0.3) is 5.91 Å². The number of carbonyl (C=O) groups excluding carboxylic acids is 1. The predicted octanol–water partition coefficient (Wildman–Crippen LogP) is 3.09. The van der Waals surface area contributed by atoms with Crippen LogP contribution in [-0.4, -0.2) is 23.1 Å². The maximum atomic E-state index is 12.5. The van der Waals surface area contributed by atoms with Gasteiger partial charge in [0, 0.05) is 17.8 Å². The van der Waals surface area contributed by atoms with Gasteiger partial charge in [-0.1, -0.05) is 12.1 Å². The Kier molecular flexibility index (Phi) is 5.04. The molecular formula is C16H16F2N2O2. The zero-order valence-electron chi connectivity index (χ0n) is 12.2. The molecule has 0 fully saturated rings. The molecule has 22 heavy (non-hydrogen) atoms. The Hall–Kier alpha value is -2.50. The van der Waals surface area contributed by atoms with E-state index in [1.807, 2.05) is 13.8 Å². The van der Waals surface area contributed by atoms with Gasteiger partial charge in [0.15, 0.2) is 0 Å². The van der Waals surface area contributed by atoms with Crippen molar-refractivity contribution in [3.8, 4) is 5.75 Å². The van der Waals surface area contributed by atoms with Crippen molar-refractivity contribution in [2.24, 2.45) is 4.99 Å². The van der Waals surface area contributed by atoms with Gasteiger partial charge in [0.1, 0.15) is 11.2 Å². The molecule has 0 spiro atoms. The van der Waals surface area contributed by atoms with E-state index >= 15 is 0 Å². The van der Waals surface area contributed by atoms with Crippen molar-refractivity contribution >= 4 is 5.91 Å². The average molecular weight is 306 g/mol. The summed E-state index contributed by atoms with van der Waals surface area (Å²) in [5.41, 5.74) is 0.747. The standard InChI is InChI=1S/C16H16F2N2O2/c1-11(2)19-14-8-3-4-9-20(14)15(21)12-6-5-7-13(10-12)22-16(17)18/h3-11,16H,1-2H3. The SMILES string of the molecule is CC(C)N=c1ccccn1C(=O)c1cccc(OC(F)F)c1. The minimum absolute atomic E-state index is 0.0231. The molecule has 1 heterocycles. The van der Waals surface area contributed by atoms with Gasteiger partial charge in [-0.2, -0.15) is 8.78 Å². The largest absolute Gasteiger partial charge is 0.435 e. The van der Waals surface area contributed by atoms with Gasteiger partial charge < -0.3 is 4.74 Å². The van der Waals surface area contributed by atoms with E-state index in [2.05, 4.69) is 9.73 Å². The summed E-state index contributed by atoms with van der Waals surface area (Å²) in [4.78, 5) is 16.9. The maximum absolute atomic E-state index is 12.5. The number of halogens is 2. The van der Waals surface area contributed by atoms with Crippen LogP contribution >= 0.6 is 0 Å². The lowest BCUT2D eigenvalue weighted by atomic mass is 10.2. The summed E-state index contributed by atoms with van der Waals surface area (Å²) >= 11 is 0. The molecule has 0 bridgehead atoms. The first-order chi connectivity index (χ1) is 10.5. The van der Waals surface area contributed by atoms with Gasteiger partial charge in [-0.05, 0) is 44.2 Å². The van der Waals surface area contributed by atoms with Crippen molar-refractivity contribution in [2.45, 2.75) is 26.5 Å². The Bertz CT molecular complexity index is 724. The molecule has 0 saturated heterocycles. The molecule has 2 aromatic rings. The molecule has 0 unspecified atom stereocenters. The quantitative estimate of drug-likeness (QED) is 0.871. The van der Waals surface area contributed by atoms with E-state index in [-0.39, 0.29) is 23.3 Å². The van der Waals surface area contributed by atoms with E-state index < -0.39 is 6.61 Å². The highest BCUT2D eigenvalue weighted by molar-refractivity contribution is 5.96. The lowest BCUT2D eigenvalue weighted by Crippen LogP contribution is -2.28. The Labute approximate surface area is 126 Å². The number of rotatable bonds is 4. The van der Waals surface area contributed by atoms with Gasteiger partial charge in [-0.15, -0.1) is 0 Å². The highest BCUT2D eigenvalue weighted by Crippen LogP contribution is 2.16. The smallest absolute Gasteiger partial charge is 0.387 e. The first-order valence-electron chi connectivity index (χ1n) is 6.78. The van der Waals surface area contributed by atoms with E-state index in [0.29, 0.717) is 5.49 Å². The molecule has 0 aliphatic carbocycles. The third-order valence-electron chi connectivity index (χ3n) is 2.75. The van der Waals surface area contributed by atoms with E-state index in [1.165, 1.54) is 22.8 Å². The summed E-state index contributed by atoms with van der Waals surface area (Å²) in [7, 11) is 0. The molecule has 6 heteroatoms. The second kappa shape index (κ2) is 6.98. The summed E-state index contributed by atoms with van der Waals surface area (Å²) in [6.45, 7) is 0.874. The molecule has 2 rings (SSSR count). The van der Waals surface area contributed by atoms with Crippen molar-refractivity contribution in [2.75, 3.05) is 0 Å². The Morgan fingerprint density at radius 2 is 1.95 bits per heavy atom. The number of ether oxygens (including phenoxy) is 1. The number of carbonyl (C=O) groups is 1. The van der Waals surface area contributed by atoms with Gasteiger partial charge in [0.05, 0.1) is 0 Å². The summed E-state index contributed by atoms with van der Waals surface area (Å²) in [6, 6.07) is 10.9. The van der Waals surface area contributed by atoms with Crippen LogP contribution in [0.15, 0.2) is 53.7 Å². The van der Waals surface area contributed by atoms with Crippen molar-refractivity contribution in [3.05, 3.63) is 59.7 Å². The molecule has 0 aliphatic rings. The lowest BCUT2D eigenvalue weighted by Gasteiger charge is -2.09. The van der Waals surface area contributed by atoms with Crippen LogP contribution in [0.1, 0.15) is 24.2 Å². The molecule has 0 N–H and O–H groups in total. The van der Waals surface area contributed by atoms with Gasteiger partial charge in [-0.3, -0.25) is 14.4 Å². The summed E-state index contributed by atoms with van der Waals surface area (Å²) < 4.78 is 30.2. The van der Waals surface area contributed by atoms with Crippen LogP contribution in [0.5, 0.6) is 5.75 Å². The Morgan fingerprint density at radius 3 is 2.64 bits per heavy atom. The maximum Gasteiger partial charge on any atom is 0.387 e. The van der Waals surface area contributed by atoms with E-state index in [9.17, 15) is 13.6 Å². The number of aromatic nitrogens is 1. The molecule has 0 amide bonds. The fraction of sp³-hybridized carbons (Fsp3) is 0.250. The third-order valence-corrected chi connectivity index (χ3v) is 2.75. The normalized spacial score (nSPS) is 12.0. The fourth-order valence-corrected chi connectivity index (χ4v) is 1.92. The first kappa shape index (κ1) is 15.9. The van der Waals surface area contributed by atoms with Crippen LogP contribution in [-0.2, 0) is 0 Å². The van der Waals surface area contributed by atoms with Crippen LogP contribution < -0.4 is 10.2 Å². The monoisotopic (exact) mass is 306 g/mol. The molecule has 1 aromatic heterocycles. The molecule has 4 nitrogen and oxygen atoms in total. The van der Waals surface area contributed by atoms with Gasteiger partial charge in [-0.25, -0.2) is 0 Å². The third kappa shape index (κ3) is 4.00. The lowest BCUT2D eigenvalue weighted by molar-refractivity contribution is -0.0498. The topological polar surface area (TPSA) is 43.6 Å². The zero-order valence-corrected chi connectivity index (χ0v) is 12.2. The zero-order chi connectivity index (χ0) is 16.1. The number of benzene rings is 1. The molecule has 0 aliphatic heterocycles. The summed E-state index contributed by atoms with van der Waals surface area (Å²) in [5, 5.41) is 0. The molecular weight excluding hydrogens is 290 g/mol. The van der Waals surface area contributed by atoms with E-state index in [0.717, 1.165) is 0 Å². The molecule has 0 saturated carbocycles. The summed E-state index contributed by atoms with van der Waals surface area (Å²) in [6.07, 6.45) is 1.59. The minimum Gasteiger partial charge on any atom is -0.435 e. The van der Waals surface area contributed by atoms with Crippen LogP contribution in [0.2, 0.25) is 0 Å². The minimum atomic E-state index is -2.93. The molecule has 116 valence electrons. The van der Waals surface area contributed by atoms with Crippen molar-refractivity contribution < 1.29 is 18.3 Å². The number of hydrogen-bond acceptors (Lipinski definition) is 3. The molecule has 0 radical (unpaired) electrons. The second-order valence-electron chi connectivity index (χ2n) is 4.86. The summed E-state index contributed by atoms with van der Waals surface area (Å²) in [5.74, 6) is -0.417. The van der Waals surface area contributed by atoms with Crippen LogP contribution in [0.4, 0.5) is 8.78 Å². The number of pyridine rings is 1. The van der Waals surface area contributed by atoms with Crippen LogP contribution in [0.25, 0.3) is 0 Å². The highest BCUT2D eigenvalue weighted by atomic mass is 19.3. The van der Waals surface area contributed by atoms with Crippen LogP contribution in [0.3, 0.4) is 0 Å². The van der Waals surface area contributed by atoms with Crippen molar-refractivity contribution in [3.63, 3.8) is 0 Å². The molecule has 1 aromatic carbocycles. The van der Waals surface area contributed by atoms with Gasteiger partial charge in [0.2, 0.25) is 0 Å². The van der Waals surface area contributed by atoms with Crippen molar-refractivity contribution in [1.82, 2.24) is 4.57 Å². The highest BCUT2D eigenvalue weighted by Gasteiger charge is 2.11. The average Bonchev–Trinajstić information content (AvgIpc) is 2.46. The van der Waals surface area contributed by atoms with E-state index in [1.54, 1.807) is 30.5 Å². The van der Waals surface area contributed by atoms with E-state index in [4.69, 9.17) is 0 Å². The van der Waals surface area contributed by atoms with Gasteiger partial charge >= 0.3 is 6.61 Å².